The predicted octanol–water partition coefficient (Wildman–Crippen LogP) is 4.85. The number of fused-ring (bicyclic) bond motifs is 1. The van der Waals surface area contributed by atoms with Gasteiger partial charge in [0.25, 0.3) is 0 Å². The Morgan fingerprint density at radius 1 is 1.29 bits per heavy atom. The lowest BCUT2D eigenvalue weighted by Crippen LogP contribution is -2.30. The molecule has 1 aromatic carbocycles. The SMILES string of the molecule is Cc1ccc(NC(=O)NCCc2csc3c2CC[C@H](C)C3)cc1C. The van der Waals surface area contributed by atoms with Gasteiger partial charge in [-0.05, 0) is 85.2 Å². The first-order valence-electron chi connectivity index (χ1n) is 8.73. The summed E-state index contributed by atoms with van der Waals surface area (Å²) in [5, 5.41) is 8.17. The molecular weight excluding hydrogens is 316 g/mol. The molecule has 2 aromatic rings. The first-order chi connectivity index (χ1) is 11.5. The summed E-state index contributed by atoms with van der Waals surface area (Å²) in [6.45, 7) is 7.14. The number of nitrogens with one attached hydrogen (secondary N) is 2. The van der Waals surface area contributed by atoms with Gasteiger partial charge in [-0.15, -0.1) is 11.3 Å². The molecule has 0 bridgehead atoms. The van der Waals surface area contributed by atoms with Gasteiger partial charge in [-0.2, -0.15) is 0 Å². The van der Waals surface area contributed by atoms with Crippen LogP contribution in [0.25, 0.3) is 0 Å². The number of thiophene rings is 1. The van der Waals surface area contributed by atoms with Gasteiger partial charge in [0.1, 0.15) is 0 Å². The van der Waals surface area contributed by atoms with Gasteiger partial charge in [0.05, 0.1) is 0 Å². The summed E-state index contributed by atoms with van der Waals surface area (Å²) < 4.78 is 0. The molecule has 24 heavy (non-hydrogen) atoms. The van der Waals surface area contributed by atoms with E-state index in [9.17, 15) is 4.79 Å². The molecule has 3 rings (SSSR count). The van der Waals surface area contributed by atoms with Crippen LogP contribution in [0.5, 0.6) is 0 Å². The summed E-state index contributed by atoms with van der Waals surface area (Å²) in [4.78, 5) is 13.6. The van der Waals surface area contributed by atoms with E-state index in [2.05, 4.69) is 36.8 Å². The zero-order valence-corrected chi connectivity index (χ0v) is 15.6. The van der Waals surface area contributed by atoms with Gasteiger partial charge in [-0.3, -0.25) is 0 Å². The van der Waals surface area contributed by atoms with Crippen LogP contribution in [0.2, 0.25) is 0 Å². The molecule has 0 saturated carbocycles. The molecule has 0 unspecified atom stereocenters. The number of urea groups is 1. The lowest BCUT2D eigenvalue weighted by Gasteiger charge is -2.19. The summed E-state index contributed by atoms with van der Waals surface area (Å²) in [5.74, 6) is 0.811. The van der Waals surface area contributed by atoms with Gasteiger partial charge in [-0.25, -0.2) is 4.79 Å². The van der Waals surface area contributed by atoms with Crippen LogP contribution in [0.4, 0.5) is 10.5 Å². The van der Waals surface area contributed by atoms with E-state index in [1.54, 1.807) is 10.4 Å². The molecule has 1 atom stereocenters. The lowest BCUT2D eigenvalue weighted by molar-refractivity contribution is 0.252. The van der Waals surface area contributed by atoms with Crippen LogP contribution >= 0.6 is 11.3 Å². The predicted molar refractivity (Wildman–Crippen MR) is 102 cm³/mol. The Hall–Kier alpha value is -1.81. The summed E-state index contributed by atoms with van der Waals surface area (Å²) >= 11 is 1.89. The first kappa shape index (κ1) is 17.0. The molecule has 2 amide bonds. The van der Waals surface area contributed by atoms with Gasteiger partial charge in [0, 0.05) is 17.1 Å². The third-order valence-corrected chi connectivity index (χ3v) is 6.03. The number of anilines is 1. The monoisotopic (exact) mass is 342 g/mol. The molecule has 2 N–H and O–H groups in total. The topological polar surface area (TPSA) is 41.1 Å². The van der Waals surface area contributed by atoms with Gasteiger partial charge in [0.15, 0.2) is 0 Å². The molecular formula is C20H26N2OS. The second-order valence-electron chi connectivity index (χ2n) is 6.94. The van der Waals surface area contributed by atoms with E-state index in [0.717, 1.165) is 18.0 Å². The summed E-state index contributed by atoms with van der Waals surface area (Å²) in [6.07, 6.45) is 4.63. The maximum Gasteiger partial charge on any atom is 0.319 e. The number of rotatable bonds is 4. The highest BCUT2D eigenvalue weighted by atomic mass is 32.1. The molecule has 128 valence electrons. The van der Waals surface area contributed by atoms with Crippen molar-refractivity contribution in [1.82, 2.24) is 5.32 Å². The van der Waals surface area contributed by atoms with Crippen molar-refractivity contribution in [3.8, 4) is 0 Å². The smallest absolute Gasteiger partial charge is 0.319 e. The Bertz CT molecular complexity index is 735. The Morgan fingerprint density at radius 3 is 2.92 bits per heavy atom. The van der Waals surface area contributed by atoms with Crippen LogP contribution in [-0.2, 0) is 19.3 Å². The van der Waals surface area contributed by atoms with Crippen LogP contribution in [0.3, 0.4) is 0 Å². The van der Waals surface area contributed by atoms with Crippen molar-refractivity contribution in [2.75, 3.05) is 11.9 Å². The Morgan fingerprint density at radius 2 is 2.12 bits per heavy atom. The van der Waals surface area contributed by atoms with E-state index >= 15 is 0 Å². The van der Waals surface area contributed by atoms with E-state index in [4.69, 9.17) is 0 Å². The maximum absolute atomic E-state index is 12.0. The van der Waals surface area contributed by atoms with Crippen molar-refractivity contribution in [3.63, 3.8) is 0 Å². The highest BCUT2D eigenvalue weighted by Crippen LogP contribution is 2.32. The summed E-state index contributed by atoms with van der Waals surface area (Å²) in [5.41, 5.74) is 6.24. The van der Waals surface area contributed by atoms with Gasteiger partial charge < -0.3 is 10.6 Å². The minimum atomic E-state index is -0.129. The number of carbonyl (C=O) groups is 1. The normalized spacial score (nSPS) is 16.5. The van der Waals surface area contributed by atoms with Gasteiger partial charge in [0.2, 0.25) is 0 Å². The lowest BCUT2D eigenvalue weighted by atomic mass is 9.88. The number of aryl methyl sites for hydroxylation is 2. The number of amides is 2. The van der Waals surface area contributed by atoms with Crippen molar-refractivity contribution in [1.29, 1.82) is 0 Å². The van der Waals surface area contributed by atoms with Crippen LogP contribution in [0, 0.1) is 19.8 Å². The summed E-state index contributed by atoms with van der Waals surface area (Å²) in [7, 11) is 0. The minimum Gasteiger partial charge on any atom is -0.338 e. The van der Waals surface area contributed by atoms with E-state index in [0.29, 0.717) is 6.54 Å². The zero-order chi connectivity index (χ0) is 17.1. The second kappa shape index (κ2) is 7.39. The highest BCUT2D eigenvalue weighted by Gasteiger charge is 2.19. The summed E-state index contributed by atoms with van der Waals surface area (Å²) in [6, 6.07) is 5.85. The van der Waals surface area contributed by atoms with Crippen LogP contribution in [-0.4, -0.2) is 12.6 Å². The minimum absolute atomic E-state index is 0.129. The third kappa shape index (κ3) is 3.99. The van der Waals surface area contributed by atoms with Crippen LogP contribution in [0.1, 0.15) is 40.5 Å². The fraction of sp³-hybridized carbons (Fsp3) is 0.450. The van der Waals surface area contributed by atoms with E-state index < -0.39 is 0 Å². The molecule has 0 spiro atoms. The second-order valence-corrected chi connectivity index (χ2v) is 7.90. The van der Waals surface area contributed by atoms with Crippen LogP contribution < -0.4 is 10.6 Å². The molecule has 1 aliphatic rings. The highest BCUT2D eigenvalue weighted by molar-refractivity contribution is 7.10. The van der Waals surface area contributed by atoms with Crippen molar-refractivity contribution in [2.24, 2.45) is 5.92 Å². The molecule has 0 saturated heterocycles. The molecule has 0 aliphatic heterocycles. The van der Waals surface area contributed by atoms with E-state index in [1.807, 2.05) is 29.5 Å². The van der Waals surface area contributed by atoms with E-state index in [-0.39, 0.29) is 6.03 Å². The average molecular weight is 343 g/mol. The van der Waals surface area contributed by atoms with Gasteiger partial charge >= 0.3 is 6.03 Å². The largest absolute Gasteiger partial charge is 0.338 e. The van der Waals surface area contributed by atoms with Gasteiger partial charge in [-0.1, -0.05) is 13.0 Å². The Kier molecular flexibility index (Phi) is 5.24. The zero-order valence-electron chi connectivity index (χ0n) is 14.7. The number of carbonyl (C=O) groups excluding carboxylic acids is 1. The third-order valence-electron chi connectivity index (χ3n) is 4.93. The first-order valence-corrected chi connectivity index (χ1v) is 9.61. The van der Waals surface area contributed by atoms with Crippen molar-refractivity contribution in [3.05, 3.63) is 50.7 Å². The molecule has 3 nitrogen and oxygen atoms in total. The maximum atomic E-state index is 12.0. The molecule has 1 heterocycles. The fourth-order valence-electron chi connectivity index (χ4n) is 3.26. The number of benzene rings is 1. The Labute approximate surface area is 148 Å². The fourth-order valence-corrected chi connectivity index (χ4v) is 4.56. The van der Waals surface area contributed by atoms with E-state index in [1.165, 1.54) is 36.0 Å². The average Bonchev–Trinajstić information content (AvgIpc) is 2.93. The molecule has 0 fully saturated rings. The Balaban J connectivity index is 1.50. The van der Waals surface area contributed by atoms with Crippen molar-refractivity contribution < 1.29 is 4.79 Å². The van der Waals surface area contributed by atoms with Crippen molar-refractivity contribution >= 4 is 23.1 Å². The number of hydrogen-bond donors (Lipinski definition) is 2. The standard InChI is InChI=1S/C20H26N2OS/c1-13-4-7-18-16(12-24-19(18)10-13)8-9-21-20(23)22-17-6-5-14(2)15(3)11-17/h5-6,11-13H,4,7-10H2,1-3H3,(H2,21,22,23)/t13-/m0/s1. The molecule has 4 heteroatoms. The van der Waals surface area contributed by atoms with Crippen LogP contribution in [0.15, 0.2) is 23.6 Å². The number of hydrogen-bond acceptors (Lipinski definition) is 2. The molecule has 1 aliphatic carbocycles. The quantitative estimate of drug-likeness (QED) is 0.819. The van der Waals surface area contributed by atoms with Crippen molar-refractivity contribution in [2.45, 2.75) is 46.5 Å². The molecule has 0 radical (unpaired) electrons. The molecule has 1 aromatic heterocycles.